The van der Waals surface area contributed by atoms with Crippen LogP contribution in [0.4, 0.5) is 0 Å². The van der Waals surface area contributed by atoms with Crippen LogP contribution >= 0.6 is 11.8 Å². The number of rotatable bonds is 7. The molecule has 2 N–H and O–H groups in total. The molecule has 5 heteroatoms. The molecule has 0 aliphatic heterocycles. The fourth-order valence-corrected chi connectivity index (χ4v) is 2.92. The van der Waals surface area contributed by atoms with Gasteiger partial charge in [0.2, 0.25) is 0 Å². The lowest BCUT2D eigenvalue weighted by Crippen LogP contribution is -2.30. The van der Waals surface area contributed by atoms with Gasteiger partial charge in [0, 0.05) is 10.5 Å². The highest BCUT2D eigenvalue weighted by Crippen LogP contribution is 2.20. The van der Waals surface area contributed by atoms with Gasteiger partial charge in [-0.1, -0.05) is 37.3 Å². The van der Waals surface area contributed by atoms with Crippen LogP contribution in [0.5, 0.6) is 0 Å². The standard InChI is InChI=1S/C19H20N2O2S/c1-2-14-6-8-15(9-7-14)18(13-22)21-19(23)16-4-3-5-17(12-16)24-11-10-20/h3-9,12,18,22H,2,11,13H2,1H3,(H,21,23). The first-order valence-corrected chi connectivity index (χ1v) is 8.76. The van der Waals surface area contributed by atoms with Crippen LogP contribution in [0.3, 0.4) is 0 Å². The minimum atomic E-state index is -0.446. The van der Waals surface area contributed by atoms with Crippen LogP contribution < -0.4 is 5.32 Å². The van der Waals surface area contributed by atoms with E-state index < -0.39 is 6.04 Å². The van der Waals surface area contributed by atoms with E-state index in [0.717, 1.165) is 16.9 Å². The molecule has 0 saturated carbocycles. The molecule has 2 rings (SSSR count). The monoisotopic (exact) mass is 340 g/mol. The molecule has 1 amide bonds. The van der Waals surface area contributed by atoms with E-state index in [1.54, 1.807) is 18.2 Å². The third kappa shape index (κ3) is 4.85. The number of hydrogen-bond acceptors (Lipinski definition) is 4. The van der Waals surface area contributed by atoms with Crippen LogP contribution in [0.25, 0.3) is 0 Å². The summed E-state index contributed by atoms with van der Waals surface area (Å²) >= 11 is 1.39. The summed E-state index contributed by atoms with van der Waals surface area (Å²) in [5.41, 5.74) is 2.60. The van der Waals surface area contributed by atoms with E-state index in [1.165, 1.54) is 17.3 Å². The molecule has 1 unspecified atom stereocenters. The summed E-state index contributed by atoms with van der Waals surface area (Å²) in [6, 6.07) is 16.6. The molecule has 2 aromatic carbocycles. The zero-order chi connectivity index (χ0) is 17.4. The van der Waals surface area contributed by atoms with Crippen LogP contribution in [0.1, 0.15) is 34.5 Å². The van der Waals surface area contributed by atoms with Gasteiger partial charge in [-0.15, -0.1) is 11.8 Å². The van der Waals surface area contributed by atoms with Crippen LogP contribution in [0.15, 0.2) is 53.4 Å². The van der Waals surface area contributed by atoms with E-state index in [-0.39, 0.29) is 12.5 Å². The van der Waals surface area contributed by atoms with Crippen LogP contribution in [-0.2, 0) is 6.42 Å². The second kappa shape index (κ2) is 9.11. The number of carbonyl (C=O) groups is 1. The second-order valence-electron chi connectivity index (χ2n) is 5.28. The molecular formula is C19H20N2O2S. The summed E-state index contributed by atoms with van der Waals surface area (Å²) < 4.78 is 0. The van der Waals surface area contributed by atoms with Crippen molar-refractivity contribution in [3.8, 4) is 6.07 Å². The summed E-state index contributed by atoms with van der Waals surface area (Å²) in [5.74, 6) is 0.0988. The second-order valence-corrected chi connectivity index (χ2v) is 6.33. The van der Waals surface area contributed by atoms with E-state index in [1.807, 2.05) is 30.3 Å². The van der Waals surface area contributed by atoms with Crippen molar-refractivity contribution in [2.75, 3.05) is 12.4 Å². The SMILES string of the molecule is CCc1ccc(C(CO)NC(=O)c2cccc(SCC#N)c2)cc1. The number of aryl methyl sites for hydroxylation is 1. The largest absolute Gasteiger partial charge is 0.394 e. The third-order valence-electron chi connectivity index (χ3n) is 3.68. The molecule has 124 valence electrons. The maximum absolute atomic E-state index is 12.4. The van der Waals surface area contributed by atoms with Gasteiger partial charge in [0.1, 0.15) is 0 Å². The molecule has 0 bridgehead atoms. The summed E-state index contributed by atoms with van der Waals surface area (Å²) in [5, 5.41) is 21.1. The molecule has 4 nitrogen and oxygen atoms in total. The molecule has 0 spiro atoms. The lowest BCUT2D eigenvalue weighted by molar-refractivity contribution is 0.0916. The van der Waals surface area contributed by atoms with Gasteiger partial charge in [-0.05, 0) is 35.7 Å². The number of hydrogen-bond donors (Lipinski definition) is 2. The minimum Gasteiger partial charge on any atom is -0.394 e. The van der Waals surface area contributed by atoms with Crippen molar-refractivity contribution in [2.24, 2.45) is 0 Å². The predicted octanol–water partition coefficient (Wildman–Crippen LogP) is 3.33. The van der Waals surface area contributed by atoms with E-state index in [9.17, 15) is 9.90 Å². The Morgan fingerprint density at radius 1 is 1.29 bits per heavy atom. The molecule has 0 aliphatic rings. The first kappa shape index (κ1) is 18.1. The Kier molecular flexibility index (Phi) is 6.86. The highest BCUT2D eigenvalue weighted by atomic mass is 32.2. The fraction of sp³-hybridized carbons (Fsp3) is 0.263. The maximum Gasteiger partial charge on any atom is 0.251 e. The summed E-state index contributed by atoms with van der Waals surface area (Å²) in [6.45, 7) is 1.91. The zero-order valence-corrected chi connectivity index (χ0v) is 14.3. The zero-order valence-electron chi connectivity index (χ0n) is 13.5. The van der Waals surface area contributed by atoms with Gasteiger partial charge in [-0.2, -0.15) is 5.26 Å². The Bertz CT molecular complexity index is 723. The van der Waals surface area contributed by atoms with Crippen molar-refractivity contribution in [1.29, 1.82) is 5.26 Å². The molecule has 24 heavy (non-hydrogen) atoms. The molecule has 0 aliphatic carbocycles. The maximum atomic E-state index is 12.4. The van der Waals surface area contributed by atoms with E-state index in [2.05, 4.69) is 18.3 Å². The normalized spacial score (nSPS) is 11.5. The quantitative estimate of drug-likeness (QED) is 0.758. The molecule has 1 atom stereocenters. The van der Waals surface area contributed by atoms with Crippen molar-refractivity contribution in [2.45, 2.75) is 24.3 Å². The van der Waals surface area contributed by atoms with Crippen molar-refractivity contribution in [3.05, 3.63) is 65.2 Å². The van der Waals surface area contributed by atoms with E-state index in [4.69, 9.17) is 5.26 Å². The highest BCUT2D eigenvalue weighted by molar-refractivity contribution is 7.99. The lowest BCUT2D eigenvalue weighted by atomic mass is 10.0. The number of aliphatic hydroxyl groups excluding tert-OH is 1. The number of carbonyl (C=O) groups excluding carboxylic acids is 1. The fourth-order valence-electron chi connectivity index (χ4n) is 2.30. The lowest BCUT2D eigenvalue weighted by Gasteiger charge is -2.17. The molecule has 0 fully saturated rings. The van der Waals surface area contributed by atoms with Crippen molar-refractivity contribution >= 4 is 17.7 Å². The van der Waals surface area contributed by atoms with Gasteiger partial charge >= 0.3 is 0 Å². The van der Waals surface area contributed by atoms with Crippen molar-refractivity contribution in [1.82, 2.24) is 5.32 Å². The molecule has 0 saturated heterocycles. The van der Waals surface area contributed by atoms with Crippen molar-refractivity contribution < 1.29 is 9.90 Å². The molecule has 0 aromatic heterocycles. The van der Waals surface area contributed by atoms with Gasteiger partial charge in [0.05, 0.1) is 24.5 Å². The Balaban J connectivity index is 2.09. The average Bonchev–Trinajstić information content (AvgIpc) is 2.64. The summed E-state index contributed by atoms with van der Waals surface area (Å²) in [4.78, 5) is 13.3. The number of nitrogens with one attached hydrogen (secondary N) is 1. The van der Waals surface area contributed by atoms with Gasteiger partial charge in [0.25, 0.3) is 5.91 Å². The molecular weight excluding hydrogens is 320 g/mol. The van der Waals surface area contributed by atoms with Crippen LogP contribution in [-0.4, -0.2) is 23.4 Å². The summed E-state index contributed by atoms with van der Waals surface area (Å²) in [7, 11) is 0. The van der Waals surface area contributed by atoms with Gasteiger partial charge in [-0.3, -0.25) is 4.79 Å². The van der Waals surface area contributed by atoms with E-state index >= 15 is 0 Å². The number of benzene rings is 2. The first-order valence-electron chi connectivity index (χ1n) is 7.78. The van der Waals surface area contributed by atoms with Crippen molar-refractivity contribution in [3.63, 3.8) is 0 Å². The minimum absolute atomic E-state index is 0.167. The van der Waals surface area contributed by atoms with E-state index in [0.29, 0.717) is 11.3 Å². The number of thioether (sulfide) groups is 1. The number of nitrogens with zero attached hydrogens (tertiary/aromatic N) is 1. The molecule has 0 heterocycles. The Morgan fingerprint density at radius 3 is 2.67 bits per heavy atom. The number of nitriles is 1. The summed E-state index contributed by atoms with van der Waals surface area (Å²) in [6.07, 6.45) is 0.948. The van der Waals surface area contributed by atoms with Gasteiger partial charge < -0.3 is 10.4 Å². The first-order chi connectivity index (χ1) is 11.7. The molecule has 2 aromatic rings. The average molecular weight is 340 g/mol. The Hall–Kier alpha value is -2.29. The van der Waals surface area contributed by atoms with Crippen LogP contribution in [0, 0.1) is 11.3 Å². The molecule has 0 radical (unpaired) electrons. The smallest absolute Gasteiger partial charge is 0.251 e. The Labute approximate surface area is 146 Å². The topological polar surface area (TPSA) is 73.1 Å². The third-order valence-corrected chi connectivity index (χ3v) is 4.54. The predicted molar refractivity (Wildman–Crippen MR) is 95.9 cm³/mol. The Morgan fingerprint density at radius 2 is 2.04 bits per heavy atom. The van der Waals surface area contributed by atoms with Gasteiger partial charge in [0.15, 0.2) is 0 Å². The van der Waals surface area contributed by atoms with Crippen LogP contribution in [0.2, 0.25) is 0 Å². The van der Waals surface area contributed by atoms with Gasteiger partial charge in [-0.25, -0.2) is 0 Å². The number of aliphatic hydroxyl groups is 1. The number of amides is 1. The highest BCUT2D eigenvalue weighted by Gasteiger charge is 2.15.